The van der Waals surface area contributed by atoms with E-state index in [-0.39, 0.29) is 0 Å². The lowest BCUT2D eigenvalue weighted by Crippen LogP contribution is -1.83. The van der Waals surface area contributed by atoms with E-state index in [9.17, 15) is 0 Å². The third kappa shape index (κ3) is 2.59. The van der Waals surface area contributed by atoms with Gasteiger partial charge in [-0.25, -0.2) is 0 Å². The number of aryl methyl sites for hydroxylation is 1. The molecule has 0 saturated carbocycles. The van der Waals surface area contributed by atoms with E-state index in [1.54, 1.807) is 0 Å². The van der Waals surface area contributed by atoms with Gasteiger partial charge in [-0.05, 0) is 13.0 Å². The van der Waals surface area contributed by atoms with E-state index in [4.69, 9.17) is 19.6 Å². The lowest BCUT2D eigenvalue weighted by atomic mass is 10.1. The van der Waals surface area contributed by atoms with Gasteiger partial charge in [-0.1, -0.05) is 37.3 Å². The average Bonchev–Trinajstić information content (AvgIpc) is 2.47. The van der Waals surface area contributed by atoms with Crippen molar-refractivity contribution in [3.05, 3.63) is 41.7 Å². The molecule has 1 aromatic carbocycles. The summed E-state index contributed by atoms with van der Waals surface area (Å²) >= 11 is 6.05. The third-order valence-corrected chi connectivity index (χ3v) is 3.60. The largest absolute Gasteiger partial charge is 0.413 e. The number of halogens is 1. The maximum Gasteiger partial charge on any atom is 0.326 e. The normalized spacial score (nSPS) is 12.3. The van der Waals surface area contributed by atoms with Gasteiger partial charge in [0.2, 0.25) is 0 Å². The van der Waals surface area contributed by atoms with Gasteiger partial charge in [0, 0.05) is 28.6 Å². The number of hydrogen-bond donors (Lipinski definition) is 0. The smallest absolute Gasteiger partial charge is 0.326 e. The van der Waals surface area contributed by atoms with Crippen molar-refractivity contribution in [2.45, 2.75) is 20.3 Å². The molecule has 90 valence electrons. The van der Waals surface area contributed by atoms with Crippen molar-refractivity contribution >= 4 is 35.7 Å². The Morgan fingerprint density at radius 2 is 2.06 bits per heavy atom. The second-order valence-electron chi connectivity index (χ2n) is 3.58. The summed E-state index contributed by atoms with van der Waals surface area (Å²) in [5, 5.41) is 1.04. The molecule has 4 heteroatoms. The van der Waals surface area contributed by atoms with Gasteiger partial charge in [-0.3, -0.25) is 0 Å². The number of allylic oxidation sites excluding steroid dienone is 1. The Balaban J connectivity index is 2.94. The first-order valence-corrected chi connectivity index (χ1v) is 7.61. The van der Waals surface area contributed by atoms with E-state index in [0.29, 0.717) is 0 Å². The van der Waals surface area contributed by atoms with Gasteiger partial charge in [-0.2, -0.15) is 0 Å². The highest BCUT2D eigenvalue weighted by Crippen LogP contribution is 2.37. The molecule has 0 spiro atoms. The van der Waals surface area contributed by atoms with E-state index >= 15 is 0 Å². The molecule has 0 aliphatic rings. The Kier molecular flexibility index (Phi) is 3.98. The summed E-state index contributed by atoms with van der Waals surface area (Å²) in [7, 11) is -1.41. The van der Waals surface area contributed by atoms with Crippen LogP contribution >= 0.6 is 18.6 Å². The molecule has 2 aromatic rings. The molecule has 0 fully saturated rings. The fraction of sp³-hybridized carbons (Fsp3) is 0.231. The summed E-state index contributed by atoms with van der Waals surface area (Å²) in [5.74, 6) is 0.883. The molecule has 2 rings (SSSR count). The molecule has 0 bridgehead atoms. The minimum atomic E-state index is -1.41. The Bertz CT molecular complexity index is 588. The number of para-hydroxylation sites is 1. The van der Waals surface area contributed by atoms with Crippen molar-refractivity contribution in [3.63, 3.8) is 0 Å². The average molecular weight is 269 g/mol. The van der Waals surface area contributed by atoms with Crippen LogP contribution in [-0.4, -0.2) is 0 Å². The van der Waals surface area contributed by atoms with Crippen LogP contribution in [0, 0.1) is 0 Å². The van der Waals surface area contributed by atoms with Gasteiger partial charge < -0.3 is 8.39 Å². The molecule has 0 saturated heterocycles. The summed E-state index contributed by atoms with van der Waals surface area (Å²) in [6, 6.07) is 7.86. The van der Waals surface area contributed by atoms with E-state index in [2.05, 4.69) is 0 Å². The van der Waals surface area contributed by atoms with Crippen LogP contribution in [-0.2, 0) is 6.42 Å². The molecule has 17 heavy (non-hydrogen) atoms. The summed E-state index contributed by atoms with van der Waals surface area (Å²) in [5.41, 5.74) is 1.83. The van der Waals surface area contributed by atoms with Gasteiger partial charge >= 0.3 is 7.37 Å². The second kappa shape index (κ2) is 5.48. The Labute approximate surface area is 106 Å². The molecule has 0 radical (unpaired) electrons. The van der Waals surface area contributed by atoms with E-state index in [1.807, 2.05) is 50.3 Å². The molecular formula is C13H14ClO2P. The first-order valence-electron chi connectivity index (χ1n) is 5.53. The summed E-state index contributed by atoms with van der Waals surface area (Å²) in [4.78, 5) is 0. The van der Waals surface area contributed by atoms with Crippen molar-refractivity contribution in [1.82, 2.24) is 0 Å². The van der Waals surface area contributed by atoms with Crippen LogP contribution in [0.4, 0.5) is 0 Å². The first-order chi connectivity index (χ1) is 8.26. The van der Waals surface area contributed by atoms with Gasteiger partial charge in [0.05, 0.1) is 0 Å². The molecule has 1 heterocycles. The predicted octanol–water partition coefficient (Wildman–Crippen LogP) is 5.73. The third-order valence-electron chi connectivity index (χ3n) is 2.48. The van der Waals surface area contributed by atoms with Crippen LogP contribution in [0.25, 0.3) is 17.0 Å². The number of benzene rings is 1. The van der Waals surface area contributed by atoms with Crippen LogP contribution in [0.15, 0.2) is 38.7 Å². The molecule has 0 amide bonds. The van der Waals surface area contributed by atoms with Crippen LogP contribution in [0.5, 0.6) is 0 Å². The molecule has 0 aliphatic carbocycles. The molecule has 0 N–H and O–H groups in total. The lowest BCUT2D eigenvalue weighted by Gasteiger charge is -1.98. The van der Waals surface area contributed by atoms with Crippen molar-refractivity contribution in [2.75, 3.05) is 0 Å². The van der Waals surface area contributed by atoms with E-state index < -0.39 is 7.37 Å². The standard InChI is InChI=1S/C13H14ClO2P/c1-3-7-10-11-8-5-6-9-13(11)16-17(14)15-12(10)4-2/h3,5-9H,4H2,1-2H3/b7-3-. The minimum absolute atomic E-state index is 0.783. The summed E-state index contributed by atoms with van der Waals surface area (Å²) in [6.45, 7) is 4.03. The Hall–Kier alpha value is -1.11. The molecule has 1 atom stereocenters. The monoisotopic (exact) mass is 268 g/mol. The van der Waals surface area contributed by atoms with Gasteiger partial charge in [-0.15, -0.1) is 0 Å². The highest BCUT2D eigenvalue weighted by atomic mass is 35.7. The Morgan fingerprint density at radius 1 is 1.29 bits per heavy atom. The van der Waals surface area contributed by atoms with Gasteiger partial charge in [0.1, 0.15) is 11.3 Å². The van der Waals surface area contributed by atoms with Gasteiger partial charge in [0.25, 0.3) is 0 Å². The predicted molar refractivity (Wildman–Crippen MR) is 74.2 cm³/mol. The molecular weight excluding hydrogens is 255 g/mol. The summed E-state index contributed by atoms with van der Waals surface area (Å²) < 4.78 is 11.2. The fourth-order valence-corrected chi connectivity index (χ4v) is 2.98. The maximum atomic E-state index is 6.05. The van der Waals surface area contributed by atoms with Crippen LogP contribution in [0.1, 0.15) is 25.2 Å². The van der Waals surface area contributed by atoms with Gasteiger partial charge in [0.15, 0.2) is 0 Å². The van der Waals surface area contributed by atoms with Crippen molar-refractivity contribution in [3.8, 4) is 0 Å². The quantitative estimate of drug-likeness (QED) is 0.695. The van der Waals surface area contributed by atoms with Crippen LogP contribution < -0.4 is 0 Å². The van der Waals surface area contributed by atoms with Crippen molar-refractivity contribution in [2.24, 2.45) is 0 Å². The zero-order valence-electron chi connectivity index (χ0n) is 9.81. The topological polar surface area (TPSA) is 26.3 Å². The summed E-state index contributed by atoms with van der Waals surface area (Å²) in [6.07, 6.45) is 4.82. The van der Waals surface area contributed by atoms with Crippen LogP contribution in [0.2, 0.25) is 0 Å². The maximum absolute atomic E-state index is 6.05. The highest BCUT2D eigenvalue weighted by molar-refractivity contribution is 7.68. The van der Waals surface area contributed by atoms with E-state index in [1.165, 1.54) is 0 Å². The lowest BCUT2D eigenvalue weighted by molar-refractivity contribution is 0.576. The SMILES string of the molecule is C/C=C\c1c(CC)op(Cl)oc2ccccc12. The van der Waals surface area contributed by atoms with E-state index in [0.717, 1.165) is 28.7 Å². The van der Waals surface area contributed by atoms with Crippen molar-refractivity contribution < 1.29 is 8.39 Å². The first kappa shape index (κ1) is 12.3. The van der Waals surface area contributed by atoms with Crippen molar-refractivity contribution in [1.29, 1.82) is 0 Å². The molecule has 2 nitrogen and oxygen atoms in total. The number of hydrogen-bond acceptors (Lipinski definition) is 2. The molecule has 0 aliphatic heterocycles. The zero-order valence-corrected chi connectivity index (χ0v) is 11.5. The fourth-order valence-electron chi connectivity index (χ4n) is 1.76. The number of fused-ring (bicyclic) bond motifs is 1. The minimum Gasteiger partial charge on any atom is -0.413 e. The molecule has 1 unspecified atom stereocenters. The molecule has 1 aromatic heterocycles. The second-order valence-corrected chi connectivity index (χ2v) is 5.20. The Morgan fingerprint density at radius 3 is 2.76 bits per heavy atom. The highest BCUT2D eigenvalue weighted by Gasteiger charge is 2.07. The number of rotatable bonds is 2. The zero-order chi connectivity index (χ0) is 12.3. The van der Waals surface area contributed by atoms with Crippen LogP contribution in [0.3, 0.4) is 0 Å².